The number of hydrogen-bond donors (Lipinski definition) is 1. The summed E-state index contributed by atoms with van der Waals surface area (Å²) < 4.78 is 5.25. The molecule has 2 aliphatic rings. The van der Waals surface area contributed by atoms with Crippen molar-refractivity contribution in [2.24, 2.45) is 0 Å². The van der Waals surface area contributed by atoms with Gasteiger partial charge in [0.1, 0.15) is 0 Å². The molecule has 2 heteroatoms. The van der Waals surface area contributed by atoms with E-state index in [4.69, 9.17) is 4.42 Å². The molecular weight excluding hydrogens is 150 g/mol. The molecule has 3 rings (SSSR count). The maximum absolute atomic E-state index is 5.25. The molecule has 1 fully saturated rings. The first-order valence-corrected chi connectivity index (χ1v) is 4.67. The van der Waals surface area contributed by atoms with Gasteiger partial charge in [-0.25, -0.2) is 0 Å². The molecule has 1 saturated heterocycles. The SMILES string of the molecule is c1occ2c1CCC21CCNC1. The van der Waals surface area contributed by atoms with Crippen LogP contribution in [0.2, 0.25) is 0 Å². The molecule has 1 aliphatic heterocycles. The van der Waals surface area contributed by atoms with Crippen LogP contribution in [0.1, 0.15) is 24.0 Å². The summed E-state index contributed by atoms with van der Waals surface area (Å²) in [7, 11) is 0. The summed E-state index contributed by atoms with van der Waals surface area (Å²) in [6.45, 7) is 2.32. The van der Waals surface area contributed by atoms with E-state index in [1.165, 1.54) is 36.9 Å². The quantitative estimate of drug-likeness (QED) is 0.626. The lowest BCUT2D eigenvalue weighted by atomic mass is 9.82. The molecule has 1 aromatic heterocycles. The first kappa shape index (κ1) is 6.72. The van der Waals surface area contributed by atoms with Crippen LogP contribution in [0.25, 0.3) is 0 Å². The number of furan rings is 1. The van der Waals surface area contributed by atoms with Crippen LogP contribution >= 0.6 is 0 Å². The molecule has 0 aromatic carbocycles. The first-order valence-electron chi connectivity index (χ1n) is 4.67. The second kappa shape index (κ2) is 2.13. The molecule has 1 unspecified atom stereocenters. The lowest BCUT2D eigenvalue weighted by Gasteiger charge is -2.21. The zero-order chi connectivity index (χ0) is 8.02. The fourth-order valence-electron chi connectivity index (χ4n) is 2.68. The Hall–Kier alpha value is -0.760. The summed E-state index contributed by atoms with van der Waals surface area (Å²) in [5.41, 5.74) is 3.37. The van der Waals surface area contributed by atoms with Crippen molar-refractivity contribution in [1.82, 2.24) is 5.32 Å². The molecule has 1 atom stereocenters. The van der Waals surface area contributed by atoms with Gasteiger partial charge in [-0.2, -0.15) is 0 Å². The molecule has 64 valence electrons. The second-order valence-electron chi connectivity index (χ2n) is 4.02. The van der Waals surface area contributed by atoms with Crippen LogP contribution in [0.3, 0.4) is 0 Å². The van der Waals surface area contributed by atoms with Crippen LogP contribution in [0.15, 0.2) is 16.9 Å². The standard InChI is InChI=1S/C10H13NO/c1-2-10(3-4-11-7-10)9-6-12-5-8(1)9/h5-6,11H,1-4,7H2. The summed E-state index contributed by atoms with van der Waals surface area (Å²) in [5, 5.41) is 3.44. The molecule has 1 spiro atoms. The van der Waals surface area contributed by atoms with E-state index in [1.807, 2.05) is 12.5 Å². The third kappa shape index (κ3) is 0.686. The minimum absolute atomic E-state index is 0.447. The lowest BCUT2D eigenvalue weighted by Crippen LogP contribution is -2.25. The van der Waals surface area contributed by atoms with Crippen molar-refractivity contribution >= 4 is 0 Å². The third-order valence-corrected chi connectivity index (χ3v) is 3.43. The summed E-state index contributed by atoms with van der Waals surface area (Å²) in [6.07, 6.45) is 7.70. The first-order chi connectivity index (χ1) is 5.91. The summed E-state index contributed by atoms with van der Waals surface area (Å²) in [6, 6.07) is 0. The molecular formula is C10H13NO. The van der Waals surface area contributed by atoms with Crippen LogP contribution in [-0.2, 0) is 11.8 Å². The van der Waals surface area contributed by atoms with Gasteiger partial charge in [0, 0.05) is 17.5 Å². The highest BCUT2D eigenvalue weighted by atomic mass is 16.3. The van der Waals surface area contributed by atoms with E-state index in [9.17, 15) is 0 Å². The van der Waals surface area contributed by atoms with E-state index in [1.54, 1.807) is 0 Å². The molecule has 0 radical (unpaired) electrons. The fraction of sp³-hybridized carbons (Fsp3) is 0.600. The summed E-state index contributed by atoms with van der Waals surface area (Å²) >= 11 is 0. The van der Waals surface area contributed by atoms with Crippen molar-refractivity contribution < 1.29 is 4.42 Å². The Balaban J connectivity index is 2.09. The predicted octanol–water partition coefficient (Wildman–Crippen LogP) is 1.46. The minimum Gasteiger partial charge on any atom is -0.472 e. The molecule has 12 heavy (non-hydrogen) atoms. The maximum atomic E-state index is 5.25. The molecule has 1 aliphatic carbocycles. The number of nitrogens with one attached hydrogen (secondary N) is 1. The Morgan fingerprint density at radius 1 is 1.33 bits per heavy atom. The molecule has 1 aromatic rings. The molecule has 2 nitrogen and oxygen atoms in total. The van der Waals surface area contributed by atoms with Gasteiger partial charge in [-0.3, -0.25) is 0 Å². The monoisotopic (exact) mass is 163 g/mol. The summed E-state index contributed by atoms with van der Waals surface area (Å²) in [4.78, 5) is 0. The van der Waals surface area contributed by atoms with Gasteiger partial charge in [0.25, 0.3) is 0 Å². The molecule has 0 bridgehead atoms. The van der Waals surface area contributed by atoms with Crippen LogP contribution in [0.4, 0.5) is 0 Å². The highest BCUT2D eigenvalue weighted by Crippen LogP contribution is 2.43. The normalized spacial score (nSPS) is 33.0. The maximum Gasteiger partial charge on any atom is 0.0943 e. The highest BCUT2D eigenvalue weighted by molar-refractivity contribution is 5.37. The number of hydrogen-bond acceptors (Lipinski definition) is 2. The number of fused-ring (bicyclic) bond motifs is 2. The predicted molar refractivity (Wildman–Crippen MR) is 46.2 cm³/mol. The van der Waals surface area contributed by atoms with Crippen molar-refractivity contribution in [3.05, 3.63) is 23.7 Å². The zero-order valence-corrected chi connectivity index (χ0v) is 7.10. The van der Waals surface area contributed by atoms with Gasteiger partial charge in [-0.05, 0) is 31.4 Å². The van der Waals surface area contributed by atoms with Gasteiger partial charge in [-0.15, -0.1) is 0 Å². The molecule has 1 N–H and O–H groups in total. The van der Waals surface area contributed by atoms with E-state index in [0.29, 0.717) is 5.41 Å². The minimum atomic E-state index is 0.447. The zero-order valence-electron chi connectivity index (χ0n) is 7.10. The molecule has 0 amide bonds. The Kier molecular flexibility index (Phi) is 1.20. The van der Waals surface area contributed by atoms with Crippen molar-refractivity contribution in [2.45, 2.75) is 24.7 Å². The van der Waals surface area contributed by atoms with Gasteiger partial charge < -0.3 is 9.73 Å². The average Bonchev–Trinajstić information content (AvgIpc) is 2.76. The fourth-order valence-corrected chi connectivity index (χ4v) is 2.68. The van der Waals surface area contributed by atoms with Gasteiger partial charge in [0.2, 0.25) is 0 Å². The van der Waals surface area contributed by atoms with E-state index >= 15 is 0 Å². The van der Waals surface area contributed by atoms with Crippen LogP contribution in [-0.4, -0.2) is 13.1 Å². The largest absolute Gasteiger partial charge is 0.472 e. The van der Waals surface area contributed by atoms with Crippen LogP contribution in [0, 0.1) is 0 Å². The third-order valence-electron chi connectivity index (χ3n) is 3.43. The highest BCUT2D eigenvalue weighted by Gasteiger charge is 2.41. The van der Waals surface area contributed by atoms with Gasteiger partial charge in [0.05, 0.1) is 12.5 Å². The summed E-state index contributed by atoms with van der Waals surface area (Å²) in [5.74, 6) is 0. The van der Waals surface area contributed by atoms with E-state index in [-0.39, 0.29) is 0 Å². The Bertz CT molecular complexity index is 297. The van der Waals surface area contributed by atoms with Crippen molar-refractivity contribution in [2.75, 3.05) is 13.1 Å². The van der Waals surface area contributed by atoms with Crippen molar-refractivity contribution in [1.29, 1.82) is 0 Å². The van der Waals surface area contributed by atoms with E-state index in [0.717, 1.165) is 6.54 Å². The van der Waals surface area contributed by atoms with Gasteiger partial charge in [0.15, 0.2) is 0 Å². The lowest BCUT2D eigenvalue weighted by molar-refractivity contribution is 0.449. The molecule has 2 heterocycles. The van der Waals surface area contributed by atoms with Crippen LogP contribution in [0.5, 0.6) is 0 Å². The van der Waals surface area contributed by atoms with Crippen molar-refractivity contribution in [3.63, 3.8) is 0 Å². The smallest absolute Gasteiger partial charge is 0.0943 e. The van der Waals surface area contributed by atoms with Crippen LogP contribution < -0.4 is 5.32 Å². The molecule has 0 saturated carbocycles. The average molecular weight is 163 g/mol. The van der Waals surface area contributed by atoms with E-state index in [2.05, 4.69) is 5.32 Å². The topological polar surface area (TPSA) is 25.2 Å². The second-order valence-corrected chi connectivity index (χ2v) is 4.02. The van der Waals surface area contributed by atoms with Gasteiger partial charge in [-0.1, -0.05) is 0 Å². The van der Waals surface area contributed by atoms with E-state index < -0.39 is 0 Å². The van der Waals surface area contributed by atoms with Gasteiger partial charge >= 0.3 is 0 Å². The number of aryl methyl sites for hydroxylation is 1. The Labute approximate surface area is 72.0 Å². The number of rotatable bonds is 0. The Morgan fingerprint density at radius 3 is 3.17 bits per heavy atom. The van der Waals surface area contributed by atoms with Crippen molar-refractivity contribution in [3.8, 4) is 0 Å². The Morgan fingerprint density at radius 2 is 2.33 bits per heavy atom.